The third kappa shape index (κ3) is 2.39. The van der Waals surface area contributed by atoms with Gasteiger partial charge in [0, 0.05) is 19.5 Å². The SMILES string of the molecule is CC(CN(C)c1noc2ccccc12)C(N)=S. The molecular formula is C12H15N3OS. The second-order valence-electron chi connectivity index (χ2n) is 4.19. The van der Waals surface area contributed by atoms with Crippen LogP contribution in [-0.4, -0.2) is 23.7 Å². The summed E-state index contributed by atoms with van der Waals surface area (Å²) in [5, 5.41) is 5.08. The summed E-state index contributed by atoms with van der Waals surface area (Å²) < 4.78 is 5.26. The van der Waals surface area contributed by atoms with E-state index >= 15 is 0 Å². The van der Waals surface area contributed by atoms with E-state index in [0.717, 1.165) is 23.3 Å². The number of aromatic nitrogens is 1. The van der Waals surface area contributed by atoms with E-state index < -0.39 is 0 Å². The van der Waals surface area contributed by atoms with Crippen molar-refractivity contribution in [2.75, 3.05) is 18.5 Å². The number of benzene rings is 1. The van der Waals surface area contributed by atoms with Gasteiger partial charge in [0.15, 0.2) is 11.4 Å². The number of nitrogens with zero attached hydrogens (tertiary/aromatic N) is 2. The van der Waals surface area contributed by atoms with Gasteiger partial charge in [-0.1, -0.05) is 36.4 Å². The molecule has 0 bridgehead atoms. The van der Waals surface area contributed by atoms with E-state index in [1.54, 1.807) is 0 Å². The fourth-order valence-electron chi connectivity index (χ4n) is 1.74. The van der Waals surface area contributed by atoms with Crippen LogP contribution in [0.25, 0.3) is 11.0 Å². The molecule has 1 atom stereocenters. The number of hydrogen-bond acceptors (Lipinski definition) is 4. The van der Waals surface area contributed by atoms with Gasteiger partial charge in [-0.25, -0.2) is 0 Å². The Labute approximate surface area is 105 Å². The van der Waals surface area contributed by atoms with Crippen molar-refractivity contribution in [1.82, 2.24) is 5.16 Å². The number of anilines is 1. The van der Waals surface area contributed by atoms with Crippen LogP contribution in [0, 0.1) is 5.92 Å². The van der Waals surface area contributed by atoms with Crippen molar-refractivity contribution >= 4 is 34.0 Å². The van der Waals surface area contributed by atoms with Crippen molar-refractivity contribution in [3.8, 4) is 0 Å². The lowest BCUT2D eigenvalue weighted by molar-refractivity contribution is 0.455. The third-order valence-corrected chi connectivity index (χ3v) is 3.16. The molecule has 1 heterocycles. The van der Waals surface area contributed by atoms with Gasteiger partial charge in [-0.2, -0.15) is 0 Å². The Kier molecular flexibility index (Phi) is 3.28. The molecule has 90 valence electrons. The highest BCUT2D eigenvalue weighted by molar-refractivity contribution is 7.80. The second kappa shape index (κ2) is 4.71. The fourth-order valence-corrected chi connectivity index (χ4v) is 1.81. The summed E-state index contributed by atoms with van der Waals surface area (Å²) in [6.45, 7) is 2.73. The first-order valence-corrected chi connectivity index (χ1v) is 5.85. The quantitative estimate of drug-likeness (QED) is 0.842. The Morgan fingerprint density at radius 3 is 2.94 bits per heavy atom. The minimum atomic E-state index is 0.144. The zero-order valence-electron chi connectivity index (χ0n) is 9.88. The first kappa shape index (κ1) is 11.9. The Balaban J connectivity index is 2.25. The summed E-state index contributed by atoms with van der Waals surface area (Å²) in [4.78, 5) is 2.53. The number of thiocarbonyl (C=S) groups is 1. The third-order valence-electron chi connectivity index (χ3n) is 2.75. The highest BCUT2D eigenvalue weighted by Gasteiger charge is 2.15. The van der Waals surface area contributed by atoms with Gasteiger partial charge in [-0.3, -0.25) is 0 Å². The van der Waals surface area contributed by atoms with Crippen molar-refractivity contribution in [1.29, 1.82) is 0 Å². The lowest BCUT2D eigenvalue weighted by Crippen LogP contribution is -2.31. The van der Waals surface area contributed by atoms with Crippen LogP contribution in [0.3, 0.4) is 0 Å². The van der Waals surface area contributed by atoms with Crippen LogP contribution in [0.4, 0.5) is 5.82 Å². The van der Waals surface area contributed by atoms with Crippen LogP contribution in [0.15, 0.2) is 28.8 Å². The molecule has 0 saturated carbocycles. The molecule has 0 saturated heterocycles. The molecule has 0 aliphatic heterocycles. The lowest BCUT2D eigenvalue weighted by atomic mass is 10.1. The smallest absolute Gasteiger partial charge is 0.179 e. The first-order valence-electron chi connectivity index (χ1n) is 5.44. The summed E-state index contributed by atoms with van der Waals surface area (Å²) in [7, 11) is 1.96. The predicted octanol–water partition coefficient (Wildman–Crippen LogP) is 2.19. The predicted molar refractivity (Wildman–Crippen MR) is 73.2 cm³/mol. The van der Waals surface area contributed by atoms with E-state index in [2.05, 4.69) is 5.16 Å². The molecule has 0 spiro atoms. The monoisotopic (exact) mass is 249 g/mol. The first-order chi connectivity index (χ1) is 8.09. The molecule has 2 rings (SSSR count). The lowest BCUT2D eigenvalue weighted by Gasteiger charge is -2.20. The van der Waals surface area contributed by atoms with Gasteiger partial charge in [0.1, 0.15) is 0 Å². The minimum absolute atomic E-state index is 0.144. The van der Waals surface area contributed by atoms with Crippen molar-refractivity contribution in [3.63, 3.8) is 0 Å². The molecule has 17 heavy (non-hydrogen) atoms. The zero-order valence-corrected chi connectivity index (χ0v) is 10.7. The van der Waals surface area contributed by atoms with Crippen LogP contribution < -0.4 is 10.6 Å². The molecular weight excluding hydrogens is 234 g/mol. The molecule has 0 radical (unpaired) electrons. The van der Waals surface area contributed by atoms with Crippen LogP contribution in [0.1, 0.15) is 6.92 Å². The Bertz CT molecular complexity index is 537. The van der Waals surface area contributed by atoms with Crippen molar-refractivity contribution in [2.24, 2.45) is 11.7 Å². The maximum absolute atomic E-state index is 5.61. The van der Waals surface area contributed by atoms with Gasteiger partial charge in [0.25, 0.3) is 0 Å². The number of nitrogens with two attached hydrogens (primary N) is 1. The van der Waals surface area contributed by atoms with Crippen LogP contribution in [0.5, 0.6) is 0 Å². The highest BCUT2D eigenvalue weighted by Crippen LogP contribution is 2.25. The topological polar surface area (TPSA) is 55.3 Å². The molecule has 1 aromatic carbocycles. The molecule has 2 aromatic rings. The van der Waals surface area contributed by atoms with Gasteiger partial charge in [0.05, 0.1) is 10.4 Å². The van der Waals surface area contributed by atoms with Gasteiger partial charge in [0.2, 0.25) is 0 Å². The molecule has 0 fully saturated rings. The summed E-state index contributed by atoms with van der Waals surface area (Å²) in [5.74, 6) is 0.967. The van der Waals surface area contributed by atoms with Crippen molar-refractivity contribution in [2.45, 2.75) is 6.92 Å². The van der Waals surface area contributed by atoms with Gasteiger partial charge < -0.3 is 15.2 Å². The maximum Gasteiger partial charge on any atom is 0.179 e. The summed E-state index contributed by atoms with van der Waals surface area (Å²) in [6, 6.07) is 7.78. The van der Waals surface area contributed by atoms with E-state index in [9.17, 15) is 0 Å². The number of para-hydroxylation sites is 1. The van der Waals surface area contributed by atoms with E-state index in [4.69, 9.17) is 22.5 Å². The van der Waals surface area contributed by atoms with Gasteiger partial charge in [-0.05, 0) is 12.1 Å². The largest absolute Gasteiger partial charge is 0.393 e. The van der Waals surface area contributed by atoms with Crippen LogP contribution in [-0.2, 0) is 0 Å². The second-order valence-corrected chi connectivity index (χ2v) is 4.66. The minimum Gasteiger partial charge on any atom is -0.393 e. The zero-order chi connectivity index (χ0) is 12.4. The van der Waals surface area contributed by atoms with E-state index in [-0.39, 0.29) is 5.92 Å². The molecule has 2 N–H and O–H groups in total. The molecule has 0 aliphatic rings. The molecule has 1 unspecified atom stereocenters. The molecule has 1 aromatic heterocycles. The standard InChI is InChI=1S/C12H15N3OS/c1-8(11(13)17)7-15(2)12-9-5-3-4-6-10(9)16-14-12/h3-6,8H,7H2,1-2H3,(H2,13,17). The molecule has 0 amide bonds. The average molecular weight is 249 g/mol. The van der Waals surface area contributed by atoms with E-state index in [1.807, 2.05) is 43.1 Å². The summed E-state index contributed by atoms with van der Waals surface area (Å²) in [6.07, 6.45) is 0. The Hall–Kier alpha value is -1.62. The van der Waals surface area contributed by atoms with Crippen LogP contribution in [0.2, 0.25) is 0 Å². The molecule has 5 heteroatoms. The normalized spacial score (nSPS) is 12.6. The van der Waals surface area contributed by atoms with E-state index in [1.165, 1.54) is 0 Å². The maximum atomic E-state index is 5.61. The summed E-state index contributed by atoms with van der Waals surface area (Å²) >= 11 is 4.97. The highest BCUT2D eigenvalue weighted by atomic mass is 32.1. The van der Waals surface area contributed by atoms with E-state index in [0.29, 0.717) is 4.99 Å². The van der Waals surface area contributed by atoms with Gasteiger partial charge >= 0.3 is 0 Å². The number of hydrogen-bond donors (Lipinski definition) is 1. The Morgan fingerprint density at radius 1 is 1.53 bits per heavy atom. The number of fused-ring (bicyclic) bond motifs is 1. The average Bonchev–Trinajstić information content (AvgIpc) is 2.72. The fraction of sp³-hybridized carbons (Fsp3) is 0.333. The van der Waals surface area contributed by atoms with Gasteiger partial charge in [-0.15, -0.1) is 0 Å². The van der Waals surface area contributed by atoms with Crippen molar-refractivity contribution < 1.29 is 4.52 Å². The molecule has 4 nitrogen and oxygen atoms in total. The summed E-state index contributed by atoms with van der Waals surface area (Å²) in [5.41, 5.74) is 6.40. The van der Waals surface area contributed by atoms with Crippen LogP contribution >= 0.6 is 12.2 Å². The molecule has 0 aliphatic carbocycles. The Morgan fingerprint density at radius 2 is 2.24 bits per heavy atom. The van der Waals surface area contributed by atoms with Crippen molar-refractivity contribution in [3.05, 3.63) is 24.3 Å². The number of rotatable bonds is 4.